The van der Waals surface area contributed by atoms with Crippen molar-refractivity contribution in [3.63, 3.8) is 0 Å². The third kappa shape index (κ3) is 7.42. The van der Waals surface area contributed by atoms with Gasteiger partial charge < -0.3 is 14.2 Å². The molecule has 7 nitrogen and oxygen atoms in total. The fourth-order valence-electron chi connectivity index (χ4n) is 4.39. The van der Waals surface area contributed by atoms with Gasteiger partial charge >= 0.3 is 0 Å². The lowest BCUT2D eigenvalue weighted by molar-refractivity contribution is 0.369. The van der Waals surface area contributed by atoms with Crippen molar-refractivity contribution < 1.29 is 18.6 Å². The van der Waals surface area contributed by atoms with Crippen molar-refractivity contribution in [2.75, 3.05) is 21.3 Å². The molecule has 0 aliphatic rings. The number of methoxy groups -OCH3 is 3. The Morgan fingerprint density at radius 3 is 1.97 bits per heavy atom. The van der Waals surface area contributed by atoms with E-state index in [0.29, 0.717) is 28.8 Å². The first-order valence-corrected chi connectivity index (χ1v) is 13.0. The molecule has 0 aliphatic heterocycles. The van der Waals surface area contributed by atoms with Gasteiger partial charge in [-0.3, -0.25) is 0 Å². The fourth-order valence-corrected chi connectivity index (χ4v) is 4.39. The van der Waals surface area contributed by atoms with Gasteiger partial charge in [0.25, 0.3) is 0 Å². The van der Waals surface area contributed by atoms with E-state index >= 15 is 0 Å². The summed E-state index contributed by atoms with van der Waals surface area (Å²) in [6.07, 6.45) is 13.4. The van der Waals surface area contributed by atoms with Gasteiger partial charge in [-0.1, -0.05) is 64.7 Å². The van der Waals surface area contributed by atoms with Crippen LogP contribution >= 0.6 is 0 Å². The number of unbranched alkanes of at least 4 members (excludes halogenated alkanes) is 9. The standard InChI is InChI=1S/C28H39FN4O3/c1-5-6-7-8-9-10-11-12-13-14-15-21-18-22(29)16-17-24(21)28-30-32-33(31-28)27-25(35-3)19-23(34-2)20-26(27)36-4/h16-20H,5-15H2,1-4H3. The number of hydrogen-bond donors (Lipinski definition) is 0. The van der Waals surface area contributed by atoms with E-state index in [9.17, 15) is 4.39 Å². The topological polar surface area (TPSA) is 71.3 Å². The molecule has 8 heteroatoms. The molecular weight excluding hydrogens is 459 g/mol. The zero-order chi connectivity index (χ0) is 25.8. The number of ether oxygens (including phenoxy) is 3. The first-order chi connectivity index (χ1) is 17.6. The average Bonchev–Trinajstić information content (AvgIpc) is 3.38. The first-order valence-electron chi connectivity index (χ1n) is 13.0. The molecule has 2 aromatic carbocycles. The number of nitrogens with zero attached hydrogens (tertiary/aromatic N) is 4. The highest BCUT2D eigenvalue weighted by Crippen LogP contribution is 2.36. The Labute approximate surface area is 214 Å². The predicted octanol–water partition coefficient (Wildman–Crippen LogP) is 6.96. The number of rotatable bonds is 16. The van der Waals surface area contributed by atoms with Gasteiger partial charge in [0.05, 0.1) is 21.3 Å². The Kier molecular flexibility index (Phi) is 11.0. The molecule has 0 unspecified atom stereocenters. The molecule has 0 atom stereocenters. The molecule has 3 aromatic rings. The van der Waals surface area contributed by atoms with Crippen LogP contribution in [-0.4, -0.2) is 41.5 Å². The maximum absolute atomic E-state index is 14.1. The van der Waals surface area contributed by atoms with E-state index in [4.69, 9.17) is 14.2 Å². The smallest absolute Gasteiger partial charge is 0.205 e. The Balaban J connectivity index is 1.67. The Morgan fingerprint density at radius 2 is 1.39 bits per heavy atom. The summed E-state index contributed by atoms with van der Waals surface area (Å²) in [6, 6.07) is 8.21. The normalized spacial score (nSPS) is 11.0. The number of hydrogen-bond acceptors (Lipinski definition) is 6. The summed E-state index contributed by atoms with van der Waals surface area (Å²) in [4.78, 5) is 1.38. The van der Waals surface area contributed by atoms with Crippen LogP contribution in [0.5, 0.6) is 17.2 Å². The van der Waals surface area contributed by atoms with Crippen LogP contribution in [0, 0.1) is 5.82 Å². The molecule has 3 rings (SSSR count). The number of halogens is 1. The van der Waals surface area contributed by atoms with Gasteiger partial charge in [0.1, 0.15) is 11.6 Å². The highest BCUT2D eigenvalue weighted by molar-refractivity contribution is 5.62. The van der Waals surface area contributed by atoms with Crippen molar-refractivity contribution >= 4 is 0 Å². The van der Waals surface area contributed by atoms with E-state index < -0.39 is 0 Å². The minimum atomic E-state index is -0.258. The molecule has 196 valence electrons. The van der Waals surface area contributed by atoms with Crippen molar-refractivity contribution in [3.8, 4) is 34.3 Å². The number of aromatic nitrogens is 4. The number of tetrazole rings is 1. The maximum Gasteiger partial charge on any atom is 0.205 e. The zero-order valence-corrected chi connectivity index (χ0v) is 22.1. The molecule has 0 spiro atoms. The lowest BCUT2D eigenvalue weighted by Crippen LogP contribution is -2.05. The molecule has 0 fully saturated rings. The third-order valence-electron chi connectivity index (χ3n) is 6.41. The molecule has 0 aliphatic carbocycles. The van der Waals surface area contributed by atoms with Crippen LogP contribution in [0.3, 0.4) is 0 Å². The number of aryl methyl sites for hydroxylation is 1. The Morgan fingerprint density at radius 1 is 0.778 bits per heavy atom. The van der Waals surface area contributed by atoms with E-state index in [2.05, 4.69) is 22.3 Å². The molecule has 36 heavy (non-hydrogen) atoms. The van der Waals surface area contributed by atoms with Crippen molar-refractivity contribution in [1.82, 2.24) is 20.2 Å². The van der Waals surface area contributed by atoms with Crippen LogP contribution in [0.25, 0.3) is 17.1 Å². The Bertz CT molecular complexity index is 1060. The second-order valence-electron chi connectivity index (χ2n) is 9.02. The molecule has 0 amide bonds. The van der Waals surface area contributed by atoms with E-state index in [0.717, 1.165) is 30.4 Å². The van der Waals surface area contributed by atoms with Crippen LogP contribution in [0.1, 0.15) is 76.7 Å². The minimum Gasteiger partial charge on any atom is -0.496 e. The van der Waals surface area contributed by atoms with Crippen LogP contribution in [0.15, 0.2) is 30.3 Å². The SMILES string of the molecule is CCCCCCCCCCCCc1cc(F)ccc1-c1nnn(-c2c(OC)cc(OC)cc2OC)n1. The molecule has 1 heterocycles. The van der Waals surface area contributed by atoms with Crippen molar-refractivity contribution in [3.05, 3.63) is 41.7 Å². The third-order valence-corrected chi connectivity index (χ3v) is 6.41. The zero-order valence-electron chi connectivity index (χ0n) is 22.1. The Hall–Kier alpha value is -3.16. The summed E-state index contributed by atoms with van der Waals surface area (Å²) in [5, 5.41) is 13.1. The van der Waals surface area contributed by atoms with Crippen LogP contribution in [0.4, 0.5) is 4.39 Å². The van der Waals surface area contributed by atoms with Crippen molar-refractivity contribution in [2.24, 2.45) is 0 Å². The molecule has 0 saturated carbocycles. The monoisotopic (exact) mass is 498 g/mol. The quantitative estimate of drug-likeness (QED) is 0.199. The van der Waals surface area contributed by atoms with Crippen LogP contribution in [-0.2, 0) is 6.42 Å². The average molecular weight is 499 g/mol. The highest BCUT2D eigenvalue weighted by Gasteiger charge is 2.20. The second kappa shape index (κ2) is 14.4. The summed E-state index contributed by atoms with van der Waals surface area (Å²) in [5.74, 6) is 1.73. The summed E-state index contributed by atoms with van der Waals surface area (Å²) in [7, 11) is 4.69. The van der Waals surface area contributed by atoms with Crippen LogP contribution in [0.2, 0.25) is 0 Å². The van der Waals surface area contributed by atoms with Gasteiger partial charge in [-0.2, -0.15) is 0 Å². The lowest BCUT2D eigenvalue weighted by Gasteiger charge is -2.13. The molecule has 0 bridgehead atoms. The van der Waals surface area contributed by atoms with Gasteiger partial charge in [-0.05, 0) is 41.8 Å². The summed E-state index contributed by atoms with van der Waals surface area (Å²) < 4.78 is 30.5. The van der Waals surface area contributed by atoms with Gasteiger partial charge in [0.15, 0.2) is 17.2 Å². The van der Waals surface area contributed by atoms with Gasteiger partial charge in [0, 0.05) is 17.7 Å². The molecule has 0 radical (unpaired) electrons. The lowest BCUT2D eigenvalue weighted by atomic mass is 9.99. The maximum atomic E-state index is 14.1. The molecular formula is C28H39FN4O3. The van der Waals surface area contributed by atoms with Gasteiger partial charge in [-0.25, -0.2) is 4.39 Å². The minimum absolute atomic E-state index is 0.258. The molecule has 1 aromatic heterocycles. The highest BCUT2D eigenvalue weighted by atomic mass is 19.1. The van der Waals surface area contributed by atoms with Gasteiger partial charge in [0.2, 0.25) is 5.82 Å². The van der Waals surface area contributed by atoms with Gasteiger partial charge in [-0.15, -0.1) is 15.0 Å². The largest absolute Gasteiger partial charge is 0.496 e. The second-order valence-corrected chi connectivity index (χ2v) is 9.02. The van der Waals surface area contributed by atoms with E-state index in [-0.39, 0.29) is 5.82 Å². The van der Waals surface area contributed by atoms with Crippen molar-refractivity contribution in [2.45, 2.75) is 77.6 Å². The number of benzene rings is 2. The summed E-state index contributed by atoms with van der Waals surface area (Å²) >= 11 is 0. The van der Waals surface area contributed by atoms with E-state index in [1.807, 2.05) is 0 Å². The van der Waals surface area contributed by atoms with E-state index in [1.165, 1.54) is 62.2 Å². The predicted molar refractivity (Wildman–Crippen MR) is 140 cm³/mol. The first kappa shape index (κ1) is 27.4. The fraction of sp³-hybridized carbons (Fsp3) is 0.536. The van der Waals surface area contributed by atoms with E-state index in [1.54, 1.807) is 45.6 Å². The molecule has 0 N–H and O–H groups in total. The summed E-state index contributed by atoms with van der Waals surface area (Å²) in [5.41, 5.74) is 2.19. The molecule has 0 saturated heterocycles. The summed E-state index contributed by atoms with van der Waals surface area (Å²) in [6.45, 7) is 2.25. The van der Waals surface area contributed by atoms with Crippen LogP contribution < -0.4 is 14.2 Å². The van der Waals surface area contributed by atoms with Crippen molar-refractivity contribution in [1.29, 1.82) is 0 Å².